The number of hydrogen-bond donors (Lipinski definition) is 1. The van der Waals surface area contributed by atoms with Crippen molar-refractivity contribution in [2.45, 2.75) is 43.0 Å². The van der Waals surface area contributed by atoms with E-state index < -0.39 is 0 Å². The summed E-state index contributed by atoms with van der Waals surface area (Å²) < 4.78 is 12.4. The molecule has 0 unspecified atom stereocenters. The minimum absolute atomic E-state index is 0.0788. The highest BCUT2D eigenvalue weighted by Crippen LogP contribution is 2.32. The molecule has 0 fully saturated rings. The van der Waals surface area contributed by atoms with E-state index in [1.54, 1.807) is 30.5 Å². The van der Waals surface area contributed by atoms with Crippen LogP contribution in [0.3, 0.4) is 0 Å². The SMILES string of the molecule is COc1cc(CSc2nc(=O)n(CCCO)c3c2CCC3)cc(OC)c1. The summed E-state index contributed by atoms with van der Waals surface area (Å²) in [4.78, 5) is 16.8. The summed E-state index contributed by atoms with van der Waals surface area (Å²) in [6, 6.07) is 5.78. The van der Waals surface area contributed by atoms with Crippen LogP contribution >= 0.6 is 11.8 Å². The summed E-state index contributed by atoms with van der Waals surface area (Å²) in [5.41, 5.74) is 3.11. The van der Waals surface area contributed by atoms with Crippen LogP contribution in [0.2, 0.25) is 0 Å². The molecule has 1 aromatic heterocycles. The van der Waals surface area contributed by atoms with E-state index in [1.807, 2.05) is 18.2 Å². The molecule has 1 aliphatic carbocycles. The maximum absolute atomic E-state index is 12.4. The monoisotopic (exact) mass is 376 g/mol. The first-order valence-electron chi connectivity index (χ1n) is 8.74. The van der Waals surface area contributed by atoms with Crippen molar-refractivity contribution < 1.29 is 14.6 Å². The zero-order valence-corrected chi connectivity index (χ0v) is 16.0. The number of rotatable bonds is 8. The van der Waals surface area contributed by atoms with Gasteiger partial charge in [-0.2, -0.15) is 4.98 Å². The molecule has 0 radical (unpaired) electrons. The molecule has 2 aromatic rings. The summed E-state index contributed by atoms with van der Waals surface area (Å²) >= 11 is 1.58. The average Bonchev–Trinajstić information content (AvgIpc) is 3.15. The molecular formula is C19H24N2O4S. The fourth-order valence-electron chi connectivity index (χ4n) is 3.27. The quantitative estimate of drug-likeness (QED) is 0.563. The Hall–Kier alpha value is -1.99. The number of fused-ring (bicyclic) bond motifs is 1. The molecule has 0 amide bonds. The van der Waals surface area contributed by atoms with Crippen LogP contribution in [0.25, 0.3) is 0 Å². The van der Waals surface area contributed by atoms with Crippen LogP contribution in [0, 0.1) is 0 Å². The van der Waals surface area contributed by atoms with Crippen molar-refractivity contribution >= 4 is 11.8 Å². The normalized spacial score (nSPS) is 12.9. The van der Waals surface area contributed by atoms with Gasteiger partial charge >= 0.3 is 5.69 Å². The van der Waals surface area contributed by atoms with E-state index in [-0.39, 0.29) is 12.3 Å². The van der Waals surface area contributed by atoms with Gasteiger partial charge in [0.1, 0.15) is 16.5 Å². The Morgan fingerprint density at radius 2 is 1.92 bits per heavy atom. The van der Waals surface area contributed by atoms with Crippen LogP contribution in [0.15, 0.2) is 28.0 Å². The zero-order chi connectivity index (χ0) is 18.5. The van der Waals surface area contributed by atoms with Gasteiger partial charge in [-0.15, -0.1) is 11.8 Å². The summed E-state index contributed by atoms with van der Waals surface area (Å²) in [6.45, 7) is 0.609. The molecular weight excluding hydrogens is 352 g/mol. The molecule has 140 valence electrons. The van der Waals surface area contributed by atoms with Crippen LogP contribution in [0.4, 0.5) is 0 Å². The first-order chi connectivity index (χ1) is 12.7. The third kappa shape index (κ3) is 4.04. The van der Waals surface area contributed by atoms with Crippen LogP contribution in [0.1, 0.15) is 29.7 Å². The Morgan fingerprint density at radius 3 is 2.58 bits per heavy atom. The third-order valence-electron chi connectivity index (χ3n) is 4.53. The van der Waals surface area contributed by atoms with Gasteiger partial charge in [-0.05, 0) is 43.4 Å². The second kappa shape index (κ2) is 8.60. The Labute approximate surface area is 157 Å². The van der Waals surface area contributed by atoms with E-state index in [0.717, 1.165) is 47.0 Å². The van der Waals surface area contributed by atoms with Gasteiger partial charge in [0.15, 0.2) is 0 Å². The molecule has 1 N–H and O–H groups in total. The summed E-state index contributed by atoms with van der Waals surface area (Å²) in [6.07, 6.45) is 3.47. The van der Waals surface area contributed by atoms with E-state index in [0.29, 0.717) is 18.7 Å². The summed E-state index contributed by atoms with van der Waals surface area (Å²) in [7, 11) is 3.26. The highest BCUT2D eigenvalue weighted by molar-refractivity contribution is 7.98. The number of aliphatic hydroxyl groups is 1. The van der Waals surface area contributed by atoms with Gasteiger partial charge in [0, 0.05) is 36.2 Å². The van der Waals surface area contributed by atoms with Gasteiger partial charge in [0.25, 0.3) is 0 Å². The largest absolute Gasteiger partial charge is 0.497 e. The lowest BCUT2D eigenvalue weighted by atomic mass is 10.2. The van der Waals surface area contributed by atoms with Crippen molar-refractivity contribution in [3.63, 3.8) is 0 Å². The standard InChI is InChI=1S/C19H24N2O4S/c1-24-14-9-13(10-15(11-14)25-2)12-26-18-16-5-3-6-17(16)21(7-4-8-22)19(23)20-18/h9-11,22H,3-8,12H2,1-2H3. The predicted molar refractivity (Wildman–Crippen MR) is 101 cm³/mol. The number of thioether (sulfide) groups is 1. The minimum atomic E-state index is -0.218. The van der Waals surface area contributed by atoms with Crippen molar-refractivity contribution in [2.75, 3.05) is 20.8 Å². The fraction of sp³-hybridized carbons (Fsp3) is 0.474. The molecule has 1 aromatic carbocycles. The van der Waals surface area contributed by atoms with Crippen LogP contribution in [0.5, 0.6) is 11.5 Å². The number of nitrogens with zero attached hydrogens (tertiary/aromatic N) is 2. The lowest BCUT2D eigenvalue weighted by Crippen LogP contribution is -2.27. The zero-order valence-electron chi connectivity index (χ0n) is 15.2. The smallest absolute Gasteiger partial charge is 0.348 e. The number of ether oxygens (including phenoxy) is 2. The Kier molecular flexibility index (Phi) is 6.21. The second-order valence-electron chi connectivity index (χ2n) is 6.22. The number of methoxy groups -OCH3 is 2. The van der Waals surface area contributed by atoms with E-state index in [2.05, 4.69) is 4.98 Å². The first-order valence-corrected chi connectivity index (χ1v) is 9.73. The van der Waals surface area contributed by atoms with E-state index in [9.17, 15) is 4.79 Å². The summed E-state index contributed by atoms with van der Waals surface area (Å²) in [5, 5.41) is 9.88. The molecule has 0 atom stereocenters. The molecule has 6 nitrogen and oxygen atoms in total. The Bertz CT molecular complexity index is 813. The molecule has 1 heterocycles. The molecule has 3 rings (SSSR count). The second-order valence-corrected chi connectivity index (χ2v) is 7.18. The first kappa shape index (κ1) is 18.8. The summed E-state index contributed by atoms with van der Waals surface area (Å²) in [5.74, 6) is 2.18. The number of benzene rings is 1. The third-order valence-corrected chi connectivity index (χ3v) is 5.62. The molecule has 0 bridgehead atoms. The topological polar surface area (TPSA) is 73.6 Å². The predicted octanol–water partition coefficient (Wildman–Crippen LogP) is 2.42. The Morgan fingerprint density at radius 1 is 1.19 bits per heavy atom. The van der Waals surface area contributed by atoms with Crippen molar-refractivity contribution in [2.24, 2.45) is 0 Å². The Balaban J connectivity index is 1.84. The van der Waals surface area contributed by atoms with Crippen molar-refractivity contribution in [3.05, 3.63) is 45.5 Å². The van der Waals surface area contributed by atoms with E-state index >= 15 is 0 Å². The average molecular weight is 376 g/mol. The van der Waals surface area contributed by atoms with Crippen LogP contribution < -0.4 is 15.2 Å². The van der Waals surface area contributed by atoms with Crippen molar-refractivity contribution in [1.29, 1.82) is 0 Å². The molecule has 0 aliphatic heterocycles. The van der Waals surface area contributed by atoms with Crippen molar-refractivity contribution in [3.8, 4) is 11.5 Å². The van der Waals surface area contributed by atoms with Gasteiger partial charge in [-0.3, -0.25) is 4.57 Å². The lowest BCUT2D eigenvalue weighted by molar-refractivity contribution is 0.277. The molecule has 1 aliphatic rings. The van der Waals surface area contributed by atoms with Gasteiger partial charge in [-0.1, -0.05) is 0 Å². The lowest BCUT2D eigenvalue weighted by Gasteiger charge is -2.14. The highest BCUT2D eigenvalue weighted by Gasteiger charge is 2.21. The molecule has 0 saturated heterocycles. The molecule has 0 spiro atoms. The molecule has 0 saturated carbocycles. The maximum Gasteiger partial charge on any atom is 0.348 e. The van der Waals surface area contributed by atoms with E-state index in [1.165, 1.54) is 5.56 Å². The fourth-order valence-corrected chi connectivity index (χ4v) is 4.27. The van der Waals surface area contributed by atoms with Gasteiger partial charge in [-0.25, -0.2) is 4.79 Å². The van der Waals surface area contributed by atoms with E-state index in [4.69, 9.17) is 14.6 Å². The number of aromatic nitrogens is 2. The van der Waals surface area contributed by atoms with Crippen LogP contribution in [-0.4, -0.2) is 35.5 Å². The van der Waals surface area contributed by atoms with Gasteiger partial charge < -0.3 is 14.6 Å². The maximum atomic E-state index is 12.4. The molecule has 26 heavy (non-hydrogen) atoms. The van der Waals surface area contributed by atoms with Crippen LogP contribution in [-0.2, 0) is 25.1 Å². The van der Waals surface area contributed by atoms with Gasteiger partial charge in [0.2, 0.25) is 0 Å². The van der Waals surface area contributed by atoms with Crippen molar-refractivity contribution in [1.82, 2.24) is 9.55 Å². The van der Waals surface area contributed by atoms with Gasteiger partial charge in [0.05, 0.1) is 14.2 Å². The number of aliphatic hydroxyl groups excluding tert-OH is 1. The molecule has 7 heteroatoms. The number of hydrogen-bond acceptors (Lipinski definition) is 6. The highest BCUT2D eigenvalue weighted by atomic mass is 32.2. The minimum Gasteiger partial charge on any atom is -0.497 e.